The van der Waals surface area contributed by atoms with Crippen LogP contribution >= 0.6 is 0 Å². The molecule has 2 heterocycles. The topological polar surface area (TPSA) is 155 Å². The van der Waals surface area contributed by atoms with E-state index >= 15 is 0 Å². The van der Waals surface area contributed by atoms with Gasteiger partial charge in [0.25, 0.3) is 11.4 Å². The number of fused-ring (bicyclic) bond motifs is 2. The van der Waals surface area contributed by atoms with E-state index in [1.54, 1.807) is 42.7 Å². The van der Waals surface area contributed by atoms with Gasteiger partial charge in [-0.05, 0) is 30.3 Å². The summed E-state index contributed by atoms with van der Waals surface area (Å²) in [6, 6.07) is 12.8. The van der Waals surface area contributed by atoms with E-state index in [1.807, 2.05) is 0 Å². The number of aromatic nitrogens is 2. The minimum absolute atomic E-state index is 0.0699. The number of methoxy groups -OCH3 is 1. The number of nitrogens with zero attached hydrogens (tertiary/aromatic N) is 4. The molecule has 0 unspecified atom stereocenters. The molecule has 34 heavy (non-hydrogen) atoms. The maximum Gasteiger partial charge on any atom is 0.330 e. The van der Waals surface area contributed by atoms with Crippen LogP contribution in [0, 0.1) is 20.2 Å². The molecule has 0 aliphatic heterocycles. The highest BCUT2D eigenvalue weighted by molar-refractivity contribution is 5.92. The Labute approximate surface area is 191 Å². The molecule has 0 atom stereocenters. The predicted molar refractivity (Wildman–Crippen MR) is 123 cm³/mol. The van der Waals surface area contributed by atoms with Crippen LogP contribution in [0.3, 0.4) is 0 Å². The van der Waals surface area contributed by atoms with Gasteiger partial charge in [0.05, 0.1) is 39.1 Å². The molecule has 0 aliphatic rings. The molecule has 4 rings (SSSR count). The second-order valence-electron chi connectivity index (χ2n) is 6.70. The van der Waals surface area contributed by atoms with Crippen molar-refractivity contribution in [3.8, 4) is 0 Å². The van der Waals surface area contributed by atoms with Crippen LogP contribution in [0.2, 0.25) is 0 Å². The van der Waals surface area contributed by atoms with Gasteiger partial charge in [-0.2, -0.15) is 0 Å². The van der Waals surface area contributed by atoms with Crippen LogP contribution in [-0.4, -0.2) is 39.2 Å². The van der Waals surface area contributed by atoms with E-state index in [4.69, 9.17) is 0 Å². The fourth-order valence-electron chi connectivity index (χ4n) is 3.02. The van der Waals surface area contributed by atoms with Crippen LogP contribution in [0.1, 0.15) is 15.9 Å². The largest absolute Gasteiger partial charge is 0.466 e. The summed E-state index contributed by atoms with van der Waals surface area (Å²) in [4.78, 5) is 50.3. The number of carbonyl (C=O) groups excluding carboxylic acids is 2. The Morgan fingerprint density at radius 2 is 1.38 bits per heavy atom. The lowest BCUT2D eigenvalue weighted by molar-refractivity contribution is -0.385. The van der Waals surface area contributed by atoms with E-state index in [-0.39, 0.29) is 16.9 Å². The third-order valence-corrected chi connectivity index (χ3v) is 4.62. The number of aldehydes is 1. The quantitative estimate of drug-likeness (QED) is 0.139. The minimum Gasteiger partial charge on any atom is -0.466 e. The van der Waals surface area contributed by atoms with Crippen LogP contribution in [0.5, 0.6) is 0 Å². The molecule has 0 saturated carbocycles. The first kappa shape index (κ1) is 23.6. The van der Waals surface area contributed by atoms with Gasteiger partial charge in [0.15, 0.2) is 6.29 Å². The molecule has 2 aromatic carbocycles. The molecule has 0 bridgehead atoms. The summed E-state index contributed by atoms with van der Waals surface area (Å²) >= 11 is 0. The van der Waals surface area contributed by atoms with Crippen LogP contribution in [0.15, 0.2) is 67.0 Å². The number of rotatable bonds is 5. The number of hydrogen-bond donors (Lipinski definition) is 0. The van der Waals surface area contributed by atoms with E-state index < -0.39 is 15.8 Å². The number of nitro groups is 2. The predicted octanol–water partition coefficient (Wildman–Crippen LogP) is 4.28. The number of hydrogen-bond acceptors (Lipinski definition) is 9. The van der Waals surface area contributed by atoms with Crippen LogP contribution in [0.4, 0.5) is 11.4 Å². The van der Waals surface area contributed by atoms with Gasteiger partial charge < -0.3 is 4.74 Å². The first-order chi connectivity index (χ1) is 16.3. The smallest absolute Gasteiger partial charge is 0.330 e. The van der Waals surface area contributed by atoms with Crippen molar-refractivity contribution in [2.45, 2.75) is 0 Å². The SMILES string of the molecule is COC(=O)/C=C/c1cc2cccnc2cc1[N+](=O)[O-].O=Cc1cc2cccnc2cc1[N+](=O)[O-]. The van der Waals surface area contributed by atoms with Gasteiger partial charge in [-0.3, -0.25) is 35.0 Å². The molecule has 0 fully saturated rings. The fraction of sp³-hybridized carbons (Fsp3) is 0.0435. The zero-order valence-electron chi connectivity index (χ0n) is 17.7. The first-order valence-electron chi connectivity index (χ1n) is 9.61. The average Bonchev–Trinajstić information content (AvgIpc) is 2.85. The average molecular weight is 460 g/mol. The van der Waals surface area contributed by atoms with Gasteiger partial charge in [-0.25, -0.2) is 4.79 Å². The van der Waals surface area contributed by atoms with Crippen molar-refractivity contribution in [1.82, 2.24) is 9.97 Å². The van der Waals surface area contributed by atoms with Crippen molar-refractivity contribution in [1.29, 1.82) is 0 Å². The molecule has 2 aromatic heterocycles. The van der Waals surface area contributed by atoms with E-state index in [9.17, 15) is 29.8 Å². The van der Waals surface area contributed by atoms with Gasteiger partial charge in [-0.1, -0.05) is 12.1 Å². The number of esters is 1. The van der Waals surface area contributed by atoms with E-state index in [1.165, 1.54) is 31.4 Å². The Balaban J connectivity index is 0.000000196. The van der Waals surface area contributed by atoms with Crippen molar-refractivity contribution in [3.63, 3.8) is 0 Å². The summed E-state index contributed by atoms with van der Waals surface area (Å²) in [5.74, 6) is -0.569. The summed E-state index contributed by atoms with van der Waals surface area (Å²) in [7, 11) is 1.24. The highest BCUT2D eigenvalue weighted by Crippen LogP contribution is 2.26. The number of ether oxygens (including phenoxy) is 1. The molecule has 170 valence electrons. The Morgan fingerprint density at radius 3 is 1.85 bits per heavy atom. The van der Waals surface area contributed by atoms with Gasteiger partial charge in [-0.15, -0.1) is 0 Å². The van der Waals surface area contributed by atoms with Crippen molar-refractivity contribution < 1.29 is 24.2 Å². The molecular weight excluding hydrogens is 444 g/mol. The van der Waals surface area contributed by atoms with Gasteiger partial charge >= 0.3 is 5.97 Å². The Morgan fingerprint density at radius 1 is 0.882 bits per heavy atom. The third-order valence-electron chi connectivity index (χ3n) is 4.62. The van der Waals surface area contributed by atoms with Crippen molar-refractivity contribution >= 4 is 51.5 Å². The standard InChI is InChI=1S/C13H10N2O4.C10H6N2O3/c1-19-13(16)5-4-10-7-9-3-2-6-14-11(9)8-12(10)15(17)18;13-6-8-4-7-2-1-3-11-9(7)5-10(8)12(14)15/h2-8H,1H3;1-6H/b5-4+;. The van der Waals surface area contributed by atoms with Crippen molar-refractivity contribution in [3.05, 3.63) is 98.4 Å². The third kappa shape index (κ3) is 5.40. The Hall–Kier alpha value is -5.06. The zero-order chi connectivity index (χ0) is 24.7. The van der Waals surface area contributed by atoms with E-state index in [0.717, 1.165) is 11.5 Å². The number of carbonyl (C=O) groups is 2. The number of benzene rings is 2. The van der Waals surface area contributed by atoms with Crippen LogP contribution < -0.4 is 0 Å². The van der Waals surface area contributed by atoms with Crippen LogP contribution in [0.25, 0.3) is 27.9 Å². The Kier molecular flexibility index (Phi) is 7.29. The highest BCUT2D eigenvalue weighted by atomic mass is 16.6. The first-order valence-corrected chi connectivity index (χ1v) is 9.61. The lowest BCUT2D eigenvalue weighted by Crippen LogP contribution is -1.95. The highest BCUT2D eigenvalue weighted by Gasteiger charge is 2.15. The van der Waals surface area contributed by atoms with E-state index in [0.29, 0.717) is 28.3 Å². The summed E-state index contributed by atoms with van der Waals surface area (Å²) in [6.07, 6.45) is 6.09. The lowest BCUT2D eigenvalue weighted by atomic mass is 10.1. The van der Waals surface area contributed by atoms with Crippen molar-refractivity contribution in [2.24, 2.45) is 0 Å². The molecular formula is C23H16N4O7. The molecule has 11 heteroatoms. The van der Waals surface area contributed by atoms with Gasteiger partial charge in [0.2, 0.25) is 0 Å². The molecule has 0 amide bonds. The molecule has 11 nitrogen and oxygen atoms in total. The monoisotopic (exact) mass is 460 g/mol. The summed E-state index contributed by atoms with van der Waals surface area (Å²) in [5.41, 5.74) is 1.12. The number of pyridine rings is 2. The van der Waals surface area contributed by atoms with Gasteiger partial charge in [0.1, 0.15) is 0 Å². The normalized spacial score (nSPS) is 10.5. The molecule has 0 aliphatic carbocycles. The molecule has 4 aromatic rings. The molecule has 0 spiro atoms. The van der Waals surface area contributed by atoms with E-state index in [2.05, 4.69) is 14.7 Å². The lowest BCUT2D eigenvalue weighted by Gasteiger charge is -2.01. The van der Waals surface area contributed by atoms with Crippen molar-refractivity contribution in [2.75, 3.05) is 7.11 Å². The molecule has 0 radical (unpaired) electrons. The summed E-state index contributed by atoms with van der Waals surface area (Å²) < 4.78 is 4.45. The second-order valence-corrected chi connectivity index (χ2v) is 6.70. The maximum absolute atomic E-state index is 11.0. The minimum atomic E-state index is -0.585. The summed E-state index contributed by atoms with van der Waals surface area (Å²) in [6.45, 7) is 0. The molecule has 0 saturated heterocycles. The van der Waals surface area contributed by atoms with Crippen LogP contribution in [-0.2, 0) is 9.53 Å². The number of nitro benzene ring substituents is 2. The second kappa shape index (κ2) is 10.5. The van der Waals surface area contributed by atoms with Gasteiger partial charge in [0, 0.05) is 41.4 Å². The Bertz CT molecular complexity index is 1450. The fourth-order valence-corrected chi connectivity index (χ4v) is 3.02. The maximum atomic E-state index is 11.0. The summed E-state index contributed by atoms with van der Waals surface area (Å²) in [5, 5.41) is 23.1. The zero-order valence-corrected chi connectivity index (χ0v) is 17.7. The molecule has 0 N–H and O–H groups in total.